The van der Waals surface area contributed by atoms with E-state index in [0.717, 1.165) is 5.56 Å². The van der Waals surface area contributed by atoms with Crippen molar-refractivity contribution >= 4 is 48.0 Å². The molecule has 4 N–H and O–H groups in total. The van der Waals surface area contributed by atoms with E-state index in [-0.39, 0.29) is 0 Å². The first kappa shape index (κ1) is 30.9. The van der Waals surface area contributed by atoms with Gasteiger partial charge in [0, 0.05) is 28.7 Å². The van der Waals surface area contributed by atoms with Crippen LogP contribution in [-0.2, 0) is 24.9 Å². The Morgan fingerprint density at radius 2 is 1.62 bits per heavy atom. The summed E-state index contributed by atoms with van der Waals surface area (Å²) in [4.78, 5) is 32.9. The van der Waals surface area contributed by atoms with Crippen LogP contribution in [0.3, 0.4) is 0 Å². The standard InChI is InChI=1S/C28H35N6O7P/c1-17-15-30-25(32-19-10-8-18(9-11-19)23(29)35)33-24(17)31-20-12-13-22-21(14-20)34(26(36)39-22)16-38-42(37,40-27(2,3)4)41-28(5,6)7/h8-15H,16H2,1-7H3,(H2,29,35)(H2,30,31,32,33). The molecule has 13 nitrogen and oxygen atoms in total. The molecule has 224 valence electrons. The zero-order valence-corrected chi connectivity index (χ0v) is 25.4. The third kappa shape index (κ3) is 8.04. The number of benzene rings is 2. The fraction of sp³-hybridized carbons (Fsp3) is 0.357. The molecule has 0 atom stereocenters. The van der Waals surface area contributed by atoms with Gasteiger partial charge >= 0.3 is 13.6 Å². The van der Waals surface area contributed by atoms with Gasteiger partial charge in [0.25, 0.3) is 0 Å². The fourth-order valence-corrected chi connectivity index (χ4v) is 5.49. The molecule has 4 aromatic rings. The number of hydrogen-bond donors (Lipinski definition) is 3. The number of anilines is 4. The number of carbonyl (C=O) groups is 1. The van der Waals surface area contributed by atoms with Gasteiger partial charge in [0.15, 0.2) is 5.58 Å². The van der Waals surface area contributed by atoms with Crippen LogP contribution >= 0.6 is 7.82 Å². The number of nitrogens with one attached hydrogen (secondary N) is 2. The second kappa shape index (κ2) is 11.7. The number of rotatable bonds is 10. The number of nitrogens with zero attached hydrogens (tertiary/aromatic N) is 3. The van der Waals surface area contributed by atoms with E-state index < -0.39 is 37.4 Å². The molecule has 2 aromatic heterocycles. The fourth-order valence-electron chi connectivity index (χ4n) is 3.75. The van der Waals surface area contributed by atoms with Gasteiger partial charge in [-0.1, -0.05) is 0 Å². The number of phosphoric ester groups is 1. The Balaban J connectivity index is 1.57. The van der Waals surface area contributed by atoms with Crippen LogP contribution in [0.5, 0.6) is 0 Å². The lowest BCUT2D eigenvalue weighted by atomic mass is 10.2. The molecule has 0 aliphatic heterocycles. The van der Waals surface area contributed by atoms with Gasteiger partial charge in [0.05, 0.1) is 16.7 Å². The molecule has 42 heavy (non-hydrogen) atoms. The van der Waals surface area contributed by atoms with Crippen molar-refractivity contribution in [2.24, 2.45) is 5.73 Å². The normalized spacial score (nSPS) is 12.5. The zero-order chi connectivity index (χ0) is 30.9. The molecular formula is C28H35N6O7P. The molecule has 0 unspecified atom stereocenters. The van der Waals surface area contributed by atoms with Crippen molar-refractivity contribution < 1.29 is 27.3 Å². The highest BCUT2D eigenvalue weighted by molar-refractivity contribution is 7.48. The number of nitrogens with two attached hydrogens (primary N) is 1. The summed E-state index contributed by atoms with van der Waals surface area (Å²) in [5.74, 6) is -0.391. The van der Waals surface area contributed by atoms with E-state index in [9.17, 15) is 14.2 Å². The second-order valence-electron chi connectivity index (χ2n) is 11.5. The number of oxazole rings is 1. The van der Waals surface area contributed by atoms with Crippen molar-refractivity contribution in [2.75, 3.05) is 10.6 Å². The minimum absolute atomic E-state index is 0.304. The lowest BCUT2D eigenvalue weighted by Crippen LogP contribution is -2.26. The van der Waals surface area contributed by atoms with E-state index in [4.69, 9.17) is 23.7 Å². The van der Waals surface area contributed by atoms with Crippen LogP contribution in [0.15, 0.2) is 57.9 Å². The molecule has 0 spiro atoms. The maximum Gasteiger partial charge on any atom is 0.477 e. The Morgan fingerprint density at radius 3 is 2.21 bits per heavy atom. The van der Waals surface area contributed by atoms with E-state index in [1.807, 2.05) is 6.92 Å². The smallest absolute Gasteiger partial charge is 0.408 e. The Kier molecular flexibility index (Phi) is 8.60. The number of aryl methyl sites for hydroxylation is 1. The maximum atomic E-state index is 13.5. The van der Waals surface area contributed by atoms with Crippen LogP contribution in [0.2, 0.25) is 0 Å². The molecule has 0 aliphatic rings. The molecule has 0 aliphatic carbocycles. The van der Waals surface area contributed by atoms with Gasteiger partial charge in [-0.15, -0.1) is 0 Å². The zero-order valence-electron chi connectivity index (χ0n) is 24.5. The van der Waals surface area contributed by atoms with E-state index in [2.05, 4.69) is 20.6 Å². The van der Waals surface area contributed by atoms with Crippen molar-refractivity contribution in [2.45, 2.75) is 66.4 Å². The van der Waals surface area contributed by atoms with Gasteiger partial charge in [-0.3, -0.25) is 18.4 Å². The van der Waals surface area contributed by atoms with Crippen LogP contribution < -0.4 is 22.1 Å². The van der Waals surface area contributed by atoms with Gasteiger partial charge in [-0.05, 0) is 90.9 Å². The van der Waals surface area contributed by atoms with Crippen LogP contribution in [0, 0.1) is 6.92 Å². The largest absolute Gasteiger partial charge is 0.477 e. The molecule has 0 saturated carbocycles. The van der Waals surface area contributed by atoms with Crippen LogP contribution in [0.25, 0.3) is 11.1 Å². The van der Waals surface area contributed by atoms with Gasteiger partial charge in [0.1, 0.15) is 12.5 Å². The Morgan fingerprint density at radius 1 is 1.00 bits per heavy atom. The number of aromatic nitrogens is 3. The summed E-state index contributed by atoms with van der Waals surface area (Å²) in [5.41, 5.74) is 6.74. The van der Waals surface area contributed by atoms with Crippen LogP contribution in [0.4, 0.5) is 23.1 Å². The summed E-state index contributed by atoms with van der Waals surface area (Å²) >= 11 is 0. The highest BCUT2D eigenvalue weighted by atomic mass is 31.2. The first-order valence-electron chi connectivity index (χ1n) is 13.1. The van der Waals surface area contributed by atoms with Crippen molar-refractivity contribution in [1.29, 1.82) is 0 Å². The monoisotopic (exact) mass is 598 g/mol. The van der Waals surface area contributed by atoms with Crippen LogP contribution in [0.1, 0.15) is 57.5 Å². The first-order valence-corrected chi connectivity index (χ1v) is 14.5. The average Bonchev–Trinajstić information content (AvgIpc) is 3.17. The van der Waals surface area contributed by atoms with Crippen molar-refractivity contribution in [3.63, 3.8) is 0 Å². The van der Waals surface area contributed by atoms with Crippen LogP contribution in [-0.4, -0.2) is 31.6 Å². The van der Waals surface area contributed by atoms with E-state index in [1.165, 1.54) is 4.57 Å². The lowest BCUT2D eigenvalue weighted by Gasteiger charge is -2.30. The van der Waals surface area contributed by atoms with Gasteiger partial charge in [-0.2, -0.15) is 4.98 Å². The highest BCUT2D eigenvalue weighted by Crippen LogP contribution is 2.55. The van der Waals surface area contributed by atoms with Gasteiger partial charge in [-0.25, -0.2) is 18.9 Å². The average molecular weight is 599 g/mol. The predicted octanol–water partition coefficient (Wildman–Crippen LogP) is 5.99. The quantitative estimate of drug-likeness (QED) is 0.183. The van der Waals surface area contributed by atoms with Gasteiger partial charge in [0.2, 0.25) is 11.9 Å². The summed E-state index contributed by atoms with van der Waals surface area (Å²) in [6.45, 7) is 11.8. The number of hydrogen-bond acceptors (Lipinski definition) is 11. The van der Waals surface area contributed by atoms with Crippen molar-refractivity contribution in [3.05, 3.63) is 70.3 Å². The minimum atomic E-state index is -4.08. The Labute approximate surface area is 243 Å². The number of amides is 1. The molecule has 0 radical (unpaired) electrons. The molecular weight excluding hydrogens is 563 g/mol. The molecule has 0 fully saturated rings. The summed E-state index contributed by atoms with van der Waals surface area (Å²) < 4.78 is 37.0. The maximum absolute atomic E-state index is 13.5. The Hall–Kier alpha value is -4.03. The van der Waals surface area contributed by atoms with E-state index in [0.29, 0.717) is 39.8 Å². The molecule has 14 heteroatoms. The topological polar surface area (TPSA) is 173 Å². The van der Waals surface area contributed by atoms with E-state index >= 15 is 0 Å². The molecule has 4 rings (SSSR count). The minimum Gasteiger partial charge on any atom is -0.408 e. The number of carbonyl (C=O) groups excluding carboxylic acids is 1. The second-order valence-corrected chi connectivity index (χ2v) is 13.0. The first-order chi connectivity index (χ1) is 19.5. The predicted molar refractivity (Wildman–Crippen MR) is 159 cm³/mol. The number of primary amides is 1. The van der Waals surface area contributed by atoms with Crippen molar-refractivity contribution in [3.8, 4) is 0 Å². The molecule has 0 saturated heterocycles. The summed E-state index contributed by atoms with van der Waals surface area (Å²) in [6.07, 6.45) is 1.65. The molecule has 0 bridgehead atoms. The summed E-state index contributed by atoms with van der Waals surface area (Å²) in [7, 11) is -4.08. The number of phosphoric acid groups is 1. The van der Waals surface area contributed by atoms with Gasteiger partial charge < -0.3 is 20.8 Å². The lowest BCUT2D eigenvalue weighted by molar-refractivity contribution is -0.00633. The summed E-state index contributed by atoms with van der Waals surface area (Å²) in [6, 6.07) is 11.6. The molecule has 2 heterocycles. The third-order valence-corrected chi connectivity index (χ3v) is 7.42. The highest BCUT2D eigenvalue weighted by Gasteiger charge is 2.37. The summed E-state index contributed by atoms with van der Waals surface area (Å²) in [5, 5.41) is 6.32. The van der Waals surface area contributed by atoms with E-state index in [1.54, 1.807) is 90.2 Å². The third-order valence-electron chi connectivity index (χ3n) is 5.44. The Bertz CT molecular complexity index is 1680. The molecule has 1 amide bonds. The number of fused-ring (bicyclic) bond motifs is 1. The molecule has 2 aromatic carbocycles. The SMILES string of the molecule is Cc1cnc(Nc2ccc(C(N)=O)cc2)nc1Nc1ccc2oc(=O)n(COP(=O)(OC(C)(C)C)OC(C)(C)C)c2c1. The van der Waals surface area contributed by atoms with Crippen molar-refractivity contribution in [1.82, 2.24) is 14.5 Å².